The minimum absolute atomic E-state index is 0.263. The molecule has 4 rings (SSSR count). The lowest BCUT2D eigenvalue weighted by molar-refractivity contribution is 0.0729. The van der Waals surface area contributed by atoms with Crippen molar-refractivity contribution in [2.24, 2.45) is 11.8 Å². The van der Waals surface area contributed by atoms with E-state index in [2.05, 4.69) is 6.07 Å². The summed E-state index contributed by atoms with van der Waals surface area (Å²) in [7, 11) is 4.80. The van der Waals surface area contributed by atoms with E-state index in [4.69, 9.17) is 23.7 Å². The lowest BCUT2D eigenvalue weighted by Gasteiger charge is -2.19. The average Bonchev–Trinajstić information content (AvgIpc) is 3.31. The summed E-state index contributed by atoms with van der Waals surface area (Å²) in [5, 5.41) is 0. The summed E-state index contributed by atoms with van der Waals surface area (Å²) < 4.78 is 40.7. The first-order chi connectivity index (χ1) is 17.0. The molecule has 1 aliphatic heterocycles. The fourth-order valence-electron chi connectivity index (χ4n) is 4.38. The smallest absolute Gasteiger partial charge is 0.343 e. The van der Waals surface area contributed by atoms with Crippen LogP contribution in [0.15, 0.2) is 60.7 Å². The molecule has 1 heterocycles. The standard InChI is InChI=1S/C28H29FO6/c1-31-24-10-4-18(14-26(24)32-2)12-21-16-34-17-22(21)13-19-5-11-25(27(15-19)33-3)35-28(30)20-6-8-23(29)9-7-20/h4-11,14-15,21-22H,12-13,16-17H2,1-3H3/t21-,22-/m0/s1. The van der Waals surface area contributed by atoms with E-state index in [0.29, 0.717) is 42.3 Å². The Hall–Kier alpha value is -3.58. The zero-order valence-corrected chi connectivity index (χ0v) is 20.1. The summed E-state index contributed by atoms with van der Waals surface area (Å²) in [4.78, 5) is 12.4. The number of ether oxygens (including phenoxy) is 5. The summed E-state index contributed by atoms with van der Waals surface area (Å²) >= 11 is 0. The van der Waals surface area contributed by atoms with Crippen LogP contribution in [0, 0.1) is 17.7 Å². The fraction of sp³-hybridized carbons (Fsp3) is 0.321. The maximum Gasteiger partial charge on any atom is 0.343 e. The number of methoxy groups -OCH3 is 3. The lowest BCUT2D eigenvalue weighted by Crippen LogP contribution is -2.18. The monoisotopic (exact) mass is 480 g/mol. The number of esters is 1. The van der Waals surface area contributed by atoms with Crippen molar-refractivity contribution < 1.29 is 32.9 Å². The number of benzene rings is 3. The Kier molecular flexibility index (Phi) is 7.87. The molecule has 3 aromatic rings. The van der Waals surface area contributed by atoms with Crippen LogP contribution >= 0.6 is 0 Å². The molecule has 184 valence electrons. The molecule has 3 aromatic carbocycles. The molecule has 0 aliphatic carbocycles. The van der Waals surface area contributed by atoms with Crippen LogP contribution in [0.3, 0.4) is 0 Å². The van der Waals surface area contributed by atoms with Crippen LogP contribution in [0.5, 0.6) is 23.0 Å². The van der Waals surface area contributed by atoms with E-state index in [1.165, 1.54) is 36.9 Å². The largest absolute Gasteiger partial charge is 0.493 e. The summed E-state index contributed by atoms with van der Waals surface area (Å²) in [6.45, 7) is 1.38. The predicted molar refractivity (Wildman–Crippen MR) is 129 cm³/mol. The highest BCUT2D eigenvalue weighted by Crippen LogP contribution is 2.34. The SMILES string of the molecule is COc1ccc(C[C@H]2COC[C@@H]2Cc2ccc(OC(=O)c3ccc(F)cc3)c(OC)c2)cc1OC. The van der Waals surface area contributed by atoms with Gasteiger partial charge in [0.15, 0.2) is 23.0 Å². The second-order valence-corrected chi connectivity index (χ2v) is 8.54. The van der Waals surface area contributed by atoms with E-state index in [1.807, 2.05) is 24.3 Å². The van der Waals surface area contributed by atoms with Crippen LogP contribution in [0.1, 0.15) is 21.5 Å². The van der Waals surface area contributed by atoms with Crippen LogP contribution in [0.2, 0.25) is 0 Å². The van der Waals surface area contributed by atoms with E-state index in [-0.39, 0.29) is 5.56 Å². The highest BCUT2D eigenvalue weighted by atomic mass is 19.1. The molecule has 6 nitrogen and oxygen atoms in total. The number of carbonyl (C=O) groups excluding carboxylic acids is 1. The summed E-state index contributed by atoms with van der Waals surface area (Å²) in [6, 6.07) is 16.8. The quantitative estimate of drug-likeness (QED) is 0.313. The third kappa shape index (κ3) is 5.92. The molecule has 2 atom stereocenters. The van der Waals surface area contributed by atoms with Gasteiger partial charge in [0.05, 0.1) is 40.1 Å². The van der Waals surface area contributed by atoms with Crippen molar-refractivity contribution in [2.45, 2.75) is 12.8 Å². The van der Waals surface area contributed by atoms with Gasteiger partial charge in [-0.3, -0.25) is 0 Å². The Labute approximate surface area is 204 Å². The third-order valence-corrected chi connectivity index (χ3v) is 6.28. The molecule has 1 aliphatic rings. The zero-order chi connectivity index (χ0) is 24.8. The van der Waals surface area contributed by atoms with Gasteiger partial charge >= 0.3 is 5.97 Å². The second-order valence-electron chi connectivity index (χ2n) is 8.54. The predicted octanol–water partition coefficient (Wildman–Crippen LogP) is 5.12. The number of hydrogen-bond donors (Lipinski definition) is 0. The average molecular weight is 481 g/mol. The number of rotatable bonds is 9. The molecule has 0 saturated carbocycles. The second kappa shape index (κ2) is 11.2. The summed E-state index contributed by atoms with van der Waals surface area (Å²) in [5.74, 6) is 1.91. The van der Waals surface area contributed by atoms with Gasteiger partial charge in [0, 0.05) is 0 Å². The Balaban J connectivity index is 1.43. The van der Waals surface area contributed by atoms with E-state index < -0.39 is 11.8 Å². The van der Waals surface area contributed by atoms with Gasteiger partial charge in [-0.15, -0.1) is 0 Å². The minimum atomic E-state index is -0.574. The van der Waals surface area contributed by atoms with Gasteiger partial charge in [0.2, 0.25) is 0 Å². The van der Waals surface area contributed by atoms with Crippen LogP contribution in [-0.4, -0.2) is 40.5 Å². The van der Waals surface area contributed by atoms with Crippen molar-refractivity contribution >= 4 is 5.97 Å². The van der Waals surface area contributed by atoms with Crippen molar-refractivity contribution in [1.82, 2.24) is 0 Å². The maximum absolute atomic E-state index is 13.1. The number of carbonyl (C=O) groups is 1. The third-order valence-electron chi connectivity index (χ3n) is 6.28. The van der Waals surface area contributed by atoms with Gasteiger partial charge < -0.3 is 23.7 Å². The maximum atomic E-state index is 13.1. The van der Waals surface area contributed by atoms with E-state index in [1.54, 1.807) is 20.3 Å². The van der Waals surface area contributed by atoms with Gasteiger partial charge in [0.25, 0.3) is 0 Å². The topological polar surface area (TPSA) is 63.2 Å². The molecule has 7 heteroatoms. The molecule has 0 radical (unpaired) electrons. The molecular formula is C28H29FO6. The molecule has 0 bridgehead atoms. The highest BCUT2D eigenvalue weighted by Gasteiger charge is 2.29. The summed E-state index contributed by atoms with van der Waals surface area (Å²) in [5.41, 5.74) is 2.50. The van der Waals surface area contributed by atoms with Crippen molar-refractivity contribution in [1.29, 1.82) is 0 Å². The van der Waals surface area contributed by atoms with Crippen molar-refractivity contribution in [3.8, 4) is 23.0 Å². The molecule has 35 heavy (non-hydrogen) atoms. The van der Waals surface area contributed by atoms with Gasteiger partial charge in [-0.2, -0.15) is 0 Å². The fourth-order valence-corrected chi connectivity index (χ4v) is 4.38. The molecule has 0 N–H and O–H groups in total. The Morgan fingerprint density at radius 2 is 1.29 bits per heavy atom. The van der Waals surface area contributed by atoms with Crippen LogP contribution in [0.4, 0.5) is 4.39 Å². The molecule has 1 fully saturated rings. The van der Waals surface area contributed by atoms with Gasteiger partial charge in [-0.25, -0.2) is 9.18 Å². The Morgan fingerprint density at radius 1 is 0.771 bits per heavy atom. The van der Waals surface area contributed by atoms with E-state index in [0.717, 1.165) is 24.2 Å². The number of halogens is 1. The van der Waals surface area contributed by atoms with Crippen molar-refractivity contribution in [3.63, 3.8) is 0 Å². The first kappa shape index (κ1) is 24.5. The molecule has 0 aromatic heterocycles. The zero-order valence-electron chi connectivity index (χ0n) is 20.1. The van der Waals surface area contributed by atoms with Gasteiger partial charge in [-0.05, 0) is 84.3 Å². The molecule has 1 saturated heterocycles. The molecule has 0 spiro atoms. The molecule has 0 unspecified atom stereocenters. The Morgan fingerprint density at radius 3 is 1.83 bits per heavy atom. The first-order valence-electron chi connectivity index (χ1n) is 11.4. The van der Waals surface area contributed by atoms with Gasteiger partial charge in [0.1, 0.15) is 5.82 Å². The minimum Gasteiger partial charge on any atom is -0.493 e. The van der Waals surface area contributed by atoms with Crippen LogP contribution in [-0.2, 0) is 17.6 Å². The van der Waals surface area contributed by atoms with Gasteiger partial charge in [-0.1, -0.05) is 12.1 Å². The van der Waals surface area contributed by atoms with Crippen LogP contribution < -0.4 is 18.9 Å². The Bertz CT molecular complexity index is 1160. The molecule has 0 amide bonds. The van der Waals surface area contributed by atoms with Crippen molar-refractivity contribution in [3.05, 3.63) is 83.2 Å². The normalized spacial score (nSPS) is 17.1. The first-order valence-corrected chi connectivity index (χ1v) is 11.4. The van der Waals surface area contributed by atoms with Crippen LogP contribution in [0.25, 0.3) is 0 Å². The molecular weight excluding hydrogens is 451 g/mol. The van der Waals surface area contributed by atoms with Crippen molar-refractivity contribution in [2.75, 3.05) is 34.5 Å². The summed E-state index contributed by atoms with van der Waals surface area (Å²) in [6.07, 6.45) is 1.68. The lowest BCUT2D eigenvalue weighted by atomic mass is 9.85. The highest BCUT2D eigenvalue weighted by molar-refractivity contribution is 5.91. The number of hydrogen-bond acceptors (Lipinski definition) is 6. The van der Waals surface area contributed by atoms with E-state index in [9.17, 15) is 9.18 Å². The van der Waals surface area contributed by atoms with E-state index >= 15 is 0 Å².